The van der Waals surface area contributed by atoms with E-state index in [4.69, 9.17) is 11.6 Å². The minimum Gasteiger partial charge on any atom is -0.350 e. The molecule has 0 aliphatic rings. The van der Waals surface area contributed by atoms with Crippen molar-refractivity contribution in [1.29, 1.82) is 0 Å². The molecule has 0 atom stereocenters. The molecular formula is C23H24ClFN4O3. The molecule has 1 aromatic heterocycles. The van der Waals surface area contributed by atoms with Crippen LogP contribution in [0.5, 0.6) is 0 Å². The number of para-hydroxylation sites is 1. The Hall–Kier alpha value is -3.39. The third-order valence-electron chi connectivity index (χ3n) is 5.00. The van der Waals surface area contributed by atoms with E-state index in [1.165, 1.54) is 28.5 Å². The van der Waals surface area contributed by atoms with Crippen LogP contribution >= 0.6 is 11.6 Å². The van der Waals surface area contributed by atoms with Gasteiger partial charge in [-0.2, -0.15) is 0 Å². The molecule has 0 fully saturated rings. The first kappa shape index (κ1) is 23.3. The van der Waals surface area contributed by atoms with Crippen LogP contribution in [0.3, 0.4) is 0 Å². The fourth-order valence-corrected chi connectivity index (χ4v) is 3.50. The number of nitrogens with zero attached hydrogens (tertiary/aromatic N) is 2. The molecule has 1 heterocycles. The second kappa shape index (κ2) is 9.82. The highest BCUT2D eigenvalue weighted by atomic mass is 35.5. The van der Waals surface area contributed by atoms with E-state index in [1.54, 1.807) is 44.3 Å². The number of rotatable bonds is 6. The fourth-order valence-electron chi connectivity index (χ4n) is 3.31. The topological polar surface area (TPSA) is 83.4 Å². The first-order valence-electron chi connectivity index (χ1n) is 10.1. The van der Waals surface area contributed by atoms with E-state index in [9.17, 15) is 18.8 Å². The number of nitrogens with one attached hydrogen (secondary N) is 2. The highest BCUT2D eigenvalue weighted by Crippen LogP contribution is 2.26. The molecule has 7 nitrogen and oxygen atoms in total. The Morgan fingerprint density at radius 1 is 1.12 bits per heavy atom. The number of halogens is 2. The van der Waals surface area contributed by atoms with Crippen LogP contribution in [0.1, 0.15) is 31.1 Å². The minimum atomic E-state index is -0.588. The molecule has 0 spiro atoms. The molecule has 0 saturated carbocycles. The van der Waals surface area contributed by atoms with Crippen molar-refractivity contribution in [2.75, 3.05) is 11.9 Å². The molecule has 0 unspecified atom stereocenters. The van der Waals surface area contributed by atoms with Gasteiger partial charge < -0.3 is 15.5 Å². The normalized spacial score (nSPS) is 10.9. The second-order valence-corrected chi connectivity index (χ2v) is 8.00. The molecule has 0 saturated heterocycles. The van der Waals surface area contributed by atoms with Gasteiger partial charge in [-0.15, -0.1) is 0 Å². The van der Waals surface area contributed by atoms with Crippen LogP contribution in [0.25, 0.3) is 10.9 Å². The van der Waals surface area contributed by atoms with Crippen molar-refractivity contribution in [3.63, 3.8) is 0 Å². The van der Waals surface area contributed by atoms with Gasteiger partial charge in [0.25, 0.3) is 0 Å². The Labute approximate surface area is 190 Å². The van der Waals surface area contributed by atoms with Gasteiger partial charge in [-0.1, -0.05) is 41.9 Å². The maximum atomic E-state index is 14.0. The van der Waals surface area contributed by atoms with Crippen molar-refractivity contribution >= 4 is 46.0 Å². The molecule has 168 valence electrons. The molecule has 32 heavy (non-hydrogen) atoms. The van der Waals surface area contributed by atoms with Gasteiger partial charge in [0.1, 0.15) is 12.4 Å². The van der Waals surface area contributed by atoms with Crippen molar-refractivity contribution in [1.82, 2.24) is 14.8 Å². The predicted octanol–water partition coefficient (Wildman–Crippen LogP) is 4.65. The number of benzene rings is 2. The molecule has 3 aromatic rings. The van der Waals surface area contributed by atoms with Crippen molar-refractivity contribution < 1.29 is 18.8 Å². The zero-order valence-corrected chi connectivity index (χ0v) is 18.7. The quantitative estimate of drug-likeness (QED) is 0.563. The molecule has 2 aromatic carbocycles. The molecule has 0 aliphatic carbocycles. The van der Waals surface area contributed by atoms with E-state index in [0.29, 0.717) is 16.6 Å². The van der Waals surface area contributed by atoms with Gasteiger partial charge in [-0.05, 0) is 26.0 Å². The van der Waals surface area contributed by atoms with Crippen LogP contribution in [0.4, 0.5) is 14.9 Å². The monoisotopic (exact) mass is 458 g/mol. The summed E-state index contributed by atoms with van der Waals surface area (Å²) in [4.78, 5) is 38.7. The van der Waals surface area contributed by atoms with Crippen LogP contribution in [0.2, 0.25) is 5.02 Å². The first-order chi connectivity index (χ1) is 15.2. The number of carbonyl (C=O) groups is 3. The Balaban J connectivity index is 1.71. The summed E-state index contributed by atoms with van der Waals surface area (Å²) in [5.41, 5.74) is 1.39. The van der Waals surface area contributed by atoms with Gasteiger partial charge in [0.05, 0.1) is 16.2 Å². The number of carbonyl (C=O) groups excluding carboxylic acids is 3. The Bertz CT molecular complexity index is 1180. The van der Waals surface area contributed by atoms with Gasteiger partial charge in [0.2, 0.25) is 11.8 Å². The summed E-state index contributed by atoms with van der Waals surface area (Å²) < 4.78 is 15.5. The Kier molecular flexibility index (Phi) is 7.15. The third-order valence-corrected chi connectivity index (χ3v) is 5.29. The van der Waals surface area contributed by atoms with Gasteiger partial charge >= 0.3 is 6.03 Å². The number of hydrogen-bond donors (Lipinski definition) is 2. The highest BCUT2D eigenvalue weighted by Gasteiger charge is 2.22. The summed E-state index contributed by atoms with van der Waals surface area (Å²) in [6.45, 7) is 4.72. The van der Waals surface area contributed by atoms with Crippen LogP contribution in [0, 0.1) is 5.82 Å². The second-order valence-electron chi connectivity index (χ2n) is 7.59. The van der Waals surface area contributed by atoms with E-state index in [2.05, 4.69) is 10.6 Å². The minimum absolute atomic E-state index is 0.0235. The van der Waals surface area contributed by atoms with Crippen molar-refractivity contribution in [2.45, 2.75) is 33.4 Å². The zero-order valence-electron chi connectivity index (χ0n) is 18.0. The maximum absolute atomic E-state index is 14.0. The summed E-state index contributed by atoms with van der Waals surface area (Å²) in [5, 5.41) is 6.09. The summed E-state index contributed by atoms with van der Waals surface area (Å²) in [7, 11) is 0. The summed E-state index contributed by atoms with van der Waals surface area (Å²) >= 11 is 5.76. The number of urea groups is 1. The van der Waals surface area contributed by atoms with E-state index in [1.807, 2.05) is 6.07 Å². The smallest absolute Gasteiger partial charge is 0.322 e. The molecule has 0 aliphatic heterocycles. The van der Waals surface area contributed by atoms with Crippen molar-refractivity contribution in [3.8, 4) is 0 Å². The molecular weight excluding hydrogens is 435 g/mol. The lowest BCUT2D eigenvalue weighted by atomic mass is 10.2. The van der Waals surface area contributed by atoms with Gasteiger partial charge in [-0.3, -0.25) is 14.2 Å². The van der Waals surface area contributed by atoms with Gasteiger partial charge in [0, 0.05) is 36.7 Å². The standard InChI is InChI=1S/C23H24ClFN4O3/c1-14(2)28(13-21(31)26-11-16-7-6-9-18(24)22(16)25)23(32)27-19-12-29(15(3)30)20-10-5-4-8-17(19)20/h4-10,12,14H,11,13H2,1-3H3,(H,26,31)(H,27,32). The van der Waals surface area contributed by atoms with E-state index >= 15 is 0 Å². The predicted molar refractivity (Wildman–Crippen MR) is 122 cm³/mol. The van der Waals surface area contributed by atoms with Crippen LogP contribution in [0.15, 0.2) is 48.7 Å². The van der Waals surface area contributed by atoms with Crippen molar-refractivity contribution in [2.24, 2.45) is 0 Å². The zero-order chi connectivity index (χ0) is 23.4. The number of anilines is 1. The third kappa shape index (κ3) is 5.08. The summed E-state index contributed by atoms with van der Waals surface area (Å²) in [5.74, 6) is -1.22. The Morgan fingerprint density at radius 2 is 1.84 bits per heavy atom. The average molecular weight is 459 g/mol. The lowest BCUT2D eigenvalue weighted by Gasteiger charge is -2.26. The van der Waals surface area contributed by atoms with Gasteiger partial charge in [0.15, 0.2) is 0 Å². The lowest BCUT2D eigenvalue weighted by Crippen LogP contribution is -2.46. The molecule has 9 heteroatoms. The number of fused-ring (bicyclic) bond motifs is 1. The largest absolute Gasteiger partial charge is 0.350 e. The average Bonchev–Trinajstić information content (AvgIpc) is 3.11. The molecule has 3 rings (SSSR count). The Morgan fingerprint density at radius 3 is 2.53 bits per heavy atom. The SMILES string of the molecule is CC(=O)n1cc(NC(=O)N(CC(=O)NCc2cccc(Cl)c2F)C(C)C)c2ccccc21. The number of hydrogen-bond acceptors (Lipinski definition) is 3. The van der Waals surface area contributed by atoms with E-state index < -0.39 is 17.8 Å². The van der Waals surface area contributed by atoms with Crippen molar-refractivity contribution in [3.05, 3.63) is 65.1 Å². The number of aromatic nitrogens is 1. The number of amides is 3. The van der Waals surface area contributed by atoms with E-state index in [0.717, 1.165) is 0 Å². The highest BCUT2D eigenvalue weighted by molar-refractivity contribution is 6.30. The van der Waals surface area contributed by atoms with Crippen LogP contribution in [-0.2, 0) is 11.3 Å². The first-order valence-corrected chi connectivity index (χ1v) is 10.4. The molecule has 0 radical (unpaired) electrons. The van der Waals surface area contributed by atoms with Gasteiger partial charge in [-0.25, -0.2) is 9.18 Å². The van der Waals surface area contributed by atoms with E-state index in [-0.39, 0.29) is 35.6 Å². The summed E-state index contributed by atoms with van der Waals surface area (Å²) in [6, 6.07) is 11.0. The molecule has 2 N–H and O–H groups in total. The fraction of sp³-hybridized carbons (Fsp3) is 0.261. The lowest BCUT2D eigenvalue weighted by molar-refractivity contribution is -0.122. The molecule has 3 amide bonds. The summed E-state index contributed by atoms with van der Waals surface area (Å²) in [6.07, 6.45) is 1.56. The van der Waals surface area contributed by atoms with Crippen LogP contribution in [-0.4, -0.2) is 39.9 Å². The maximum Gasteiger partial charge on any atom is 0.322 e. The molecule has 0 bridgehead atoms. The van der Waals surface area contributed by atoms with Crippen LogP contribution < -0.4 is 10.6 Å².